The van der Waals surface area contributed by atoms with E-state index in [2.05, 4.69) is 13.8 Å². The largest absolute Gasteiger partial charge is 0.342 e. The number of carbonyl (C=O) groups is 1. The van der Waals surface area contributed by atoms with Gasteiger partial charge in [0.15, 0.2) is 0 Å². The van der Waals surface area contributed by atoms with E-state index in [9.17, 15) is 4.79 Å². The first kappa shape index (κ1) is 9.81. The molecule has 33 valence electrons. The Balaban J connectivity index is 0. The summed E-state index contributed by atoms with van der Waals surface area (Å²) in [4.78, 5) is 9.64. The molecule has 0 saturated heterocycles. The van der Waals surface area contributed by atoms with E-state index in [1.807, 2.05) is 0 Å². The Morgan fingerprint density at radius 1 is 1.67 bits per heavy atom. The molecule has 6 heavy (non-hydrogen) atoms. The van der Waals surface area contributed by atoms with Crippen molar-refractivity contribution in [2.24, 2.45) is 0 Å². The van der Waals surface area contributed by atoms with Crippen molar-refractivity contribution in [2.75, 3.05) is 0 Å². The summed E-state index contributed by atoms with van der Waals surface area (Å²) < 4.78 is 0. The van der Waals surface area contributed by atoms with Crippen molar-refractivity contribution in [3.63, 3.8) is 0 Å². The Bertz CT molecular complexity index is 42.8. The normalized spacial score (nSPS) is 6.17. The van der Waals surface area contributed by atoms with E-state index in [4.69, 9.17) is 0 Å². The fraction of sp³-hybridized carbons (Fsp3) is 0.250. The molecule has 0 N–H and O–H groups in total. The maximum Gasteiger partial charge on any atom is 0 e. The molecule has 0 aromatic rings. The Kier molecular flexibility index (Phi) is 9.23. The number of carbonyl (C=O) groups excluding carboxylic acids is 1. The molecule has 0 spiro atoms. The summed E-state index contributed by atoms with van der Waals surface area (Å²) in [7, 11) is 0. The molecule has 0 bridgehead atoms. The van der Waals surface area contributed by atoms with Crippen LogP contribution in [0.25, 0.3) is 0 Å². The zero-order valence-corrected chi connectivity index (χ0v) is 6.45. The predicted molar refractivity (Wildman–Crippen MR) is 20.3 cm³/mol. The van der Waals surface area contributed by atoms with Crippen LogP contribution in [0.3, 0.4) is 0 Å². The zero-order valence-electron chi connectivity index (χ0n) is 3.61. The van der Waals surface area contributed by atoms with Gasteiger partial charge in [-0.1, -0.05) is 0 Å². The standard InChI is InChI=1S/C4H6O.Y/c1-3-4(2)5;/h1-3H2;/q-2;. The molecule has 1 nitrogen and oxygen atoms in total. The van der Waals surface area contributed by atoms with Gasteiger partial charge in [-0.3, -0.25) is 0 Å². The van der Waals surface area contributed by atoms with Crippen LogP contribution >= 0.6 is 0 Å². The van der Waals surface area contributed by atoms with E-state index in [0.29, 0.717) is 6.42 Å². The van der Waals surface area contributed by atoms with E-state index < -0.39 is 0 Å². The Morgan fingerprint density at radius 2 is 1.83 bits per heavy atom. The Morgan fingerprint density at radius 3 is 1.83 bits per heavy atom. The van der Waals surface area contributed by atoms with Gasteiger partial charge in [0.05, 0.1) is 0 Å². The molecule has 0 atom stereocenters. The minimum absolute atomic E-state index is 0. The molecule has 0 rings (SSSR count). The maximum absolute atomic E-state index is 9.64. The summed E-state index contributed by atoms with van der Waals surface area (Å²) >= 11 is 0. The van der Waals surface area contributed by atoms with Gasteiger partial charge in [-0.15, -0.1) is 0 Å². The first-order chi connectivity index (χ1) is 2.27. The van der Waals surface area contributed by atoms with Gasteiger partial charge < -0.3 is 18.6 Å². The molecular formula is C4H6OY-2. The van der Waals surface area contributed by atoms with Crippen molar-refractivity contribution in [1.29, 1.82) is 0 Å². The van der Waals surface area contributed by atoms with E-state index in [0.717, 1.165) is 0 Å². The van der Waals surface area contributed by atoms with Crippen molar-refractivity contribution in [3.8, 4) is 0 Å². The molecule has 1 radical (unpaired) electrons. The fourth-order valence-electron chi connectivity index (χ4n) is 0. The summed E-state index contributed by atoms with van der Waals surface area (Å²) in [6.07, 6.45) is 0.306. The minimum atomic E-state index is -0.106. The Labute approximate surface area is 63.4 Å². The third kappa shape index (κ3) is 8.82. The van der Waals surface area contributed by atoms with E-state index in [-0.39, 0.29) is 38.5 Å². The van der Waals surface area contributed by atoms with Crippen LogP contribution in [0.5, 0.6) is 0 Å². The second-order valence-electron chi connectivity index (χ2n) is 0.789. The van der Waals surface area contributed by atoms with E-state index in [1.165, 1.54) is 0 Å². The second-order valence-corrected chi connectivity index (χ2v) is 0.789. The van der Waals surface area contributed by atoms with Gasteiger partial charge >= 0.3 is 0 Å². The number of hydrogen-bond donors (Lipinski definition) is 0. The van der Waals surface area contributed by atoms with Crippen molar-refractivity contribution in [2.45, 2.75) is 6.42 Å². The second kappa shape index (κ2) is 5.64. The molecule has 0 unspecified atom stereocenters. The zero-order chi connectivity index (χ0) is 4.28. The molecule has 0 amide bonds. The van der Waals surface area contributed by atoms with Crippen molar-refractivity contribution in [1.82, 2.24) is 0 Å². The molecule has 0 saturated carbocycles. The van der Waals surface area contributed by atoms with Crippen LogP contribution in [0.2, 0.25) is 0 Å². The van der Waals surface area contributed by atoms with Gasteiger partial charge in [-0.05, 0) is 5.78 Å². The average Bonchev–Trinajstić information content (AvgIpc) is 1.38. The molecular weight excluding hydrogens is 153 g/mol. The molecule has 0 heterocycles. The molecule has 0 aliphatic rings. The van der Waals surface area contributed by atoms with Crippen LogP contribution in [0.4, 0.5) is 0 Å². The molecule has 0 aliphatic carbocycles. The predicted octanol–water partition coefficient (Wildman–Crippen LogP) is 0.611. The average molecular weight is 159 g/mol. The third-order valence-electron chi connectivity index (χ3n) is 0.279. The SMILES string of the molecule is [CH2-]CC([CH2-])=O.[Y]. The minimum Gasteiger partial charge on any atom is -0.342 e. The van der Waals surface area contributed by atoms with Crippen LogP contribution in [0.1, 0.15) is 6.42 Å². The Hall–Kier alpha value is 0.644. The molecule has 0 aliphatic heterocycles. The summed E-state index contributed by atoms with van der Waals surface area (Å²) in [5.41, 5.74) is 0. The molecule has 0 aromatic heterocycles. The van der Waals surface area contributed by atoms with Crippen LogP contribution in [-0.2, 0) is 37.5 Å². The number of hydrogen-bond acceptors (Lipinski definition) is 1. The van der Waals surface area contributed by atoms with Gasteiger partial charge in [0.1, 0.15) is 0 Å². The van der Waals surface area contributed by atoms with Crippen LogP contribution in [0.15, 0.2) is 0 Å². The van der Waals surface area contributed by atoms with Gasteiger partial charge in [0.25, 0.3) is 0 Å². The van der Waals surface area contributed by atoms with Gasteiger partial charge in [-0.25, -0.2) is 0 Å². The van der Waals surface area contributed by atoms with E-state index in [1.54, 1.807) is 0 Å². The van der Waals surface area contributed by atoms with Crippen LogP contribution in [0, 0.1) is 13.8 Å². The van der Waals surface area contributed by atoms with Gasteiger partial charge in [0, 0.05) is 32.7 Å². The summed E-state index contributed by atoms with van der Waals surface area (Å²) in [6, 6.07) is 0. The van der Waals surface area contributed by atoms with Crippen molar-refractivity contribution >= 4 is 5.78 Å². The number of ketones is 1. The maximum atomic E-state index is 9.64. The molecule has 0 fully saturated rings. The van der Waals surface area contributed by atoms with Gasteiger partial charge in [0.2, 0.25) is 0 Å². The smallest absolute Gasteiger partial charge is 0 e. The summed E-state index contributed by atoms with van der Waals surface area (Å²) in [5.74, 6) is -0.106. The van der Waals surface area contributed by atoms with Crippen LogP contribution < -0.4 is 0 Å². The number of Topliss-reactive ketones (excluding diaryl/α,β-unsaturated/α-hetero) is 1. The molecule has 2 heteroatoms. The first-order valence-corrected chi connectivity index (χ1v) is 1.41. The molecule has 0 aromatic carbocycles. The topological polar surface area (TPSA) is 17.1 Å². The van der Waals surface area contributed by atoms with Crippen molar-refractivity contribution in [3.05, 3.63) is 13.8 Å². The van der Waals surface area contributed by atoms with Crippen molar-refractivity contribution < 1.29 is 37.5 Å². The quantitative estimate of drug-likeness (QED) is 0.512. The number of rotatable bonds is 1. The monoisotopic (exact) mass is 159 g/mol. The summed E-state index contributed by atoms with van der Waals surface area (Å²) in [6.45, 7) is 6.33. The first-order valence-electron chi connectivity index (χ1n) is 1.41. The van der Waals surface area contributed by atoms with Crippen LogP contribution in [-0.4, -0.2) is 5.78 Å². The summed E-state index contributed by atoms with van der Waals surface area (Å²) in [5, 5.41) is 0. The van der Waals surface area contributed by atoms with E-state index >= 15 is 0 Å². The third-order valence-corrected chi connectivity index (χ3v) is 0.279. The fourth-order valence-corrected chi connectivity index (χ4v) is 0. The van der Waals surface area contributed by atoms with Gasteiger partial charge in [-0.2, -0.15) is 6.42 Å².